The second kappa shape index (κ2) is 14.0. The molecule has 2 amide bonds. The van der Waals surface area contributed by atoms with Crippen molar-refractivity contribution in [1.82, 2.24) is 15.5 Å². The Morgan fingerprint density at radius 3 is 1.35 bits per heavy atom. The highest BCUT2D eigenvalue weighted by Gasteiger charge is 2.25. The molecule has 0 bridgehead atoms. The molecule has 2 rings (SSSR count). The van der Waals surface area contributed by atoms with Crippen molar-refractivity contribution in [3.8, 4) is 0 Å². The van der Waals surface area contributed by atoms with Gasteiger partial charge in [-0.15, -0.1) is 0 Å². The van der Waals surface area contributed by atoms with Crippen LogP contribution in [0.1, 0.15) is 59.6 Å². The summed E-state index contributed by atoms with van der Waals surface area (Å²) in [5.41, 5.74) is 1.10. The van der Waals surface area contributed by atoms with Crippen LogP contribution in [0.2, 0.25) is 0 Å². The van der Waals surface area contributed by atoms with Crippen molar-refractivity contribution >= 4 is 12.2 Å². The van der Waals surface area contributed by atoms with Crippen LogP contribution in [0.15, 0.2) is 60.7 Å². The smallest absolute Gasteiger partial charge is 0.407 e. The van der Waals surface area contributed by atoms with E-state index in [4.69, 9.17) is 9.47 Å². The van der Waals surface area contributed by atoms with E-state index in [0.29, 0.717) is 25.9 Å². The maximum absolute atomic E-state index is 12.6. The highest BCUT2D eigenvalue weighted by Crippen LogP contribution is 2.12. The summed E-state index contributed by atoms with van der Waals surface area (Å²) in [5.74, 6) is 0. The van der Waals surface area contributed by atoms with E-state index >= 15 is 0 Å². The Labute approximate surface area is 222 Å². The standard InChI is InChI=1S/C30H45N3O4/c1-8-33(21-25(19-23-15-11-9-12-16-23)31-27(34)36-29(2,3)4)22-26(20-24-17-13-10-14-18-24)32-28(35)37-30(5,6)7/h9-18,25-26H,8,19-22H2,1-7H3,(H,31,34)(H,32,35)/t25-,26+. The van der Waals surface area contributed by atoms with E-state index in [9.17, 15) is 9.59 Å². The van der Waals surface area contributed by atoms with E-state index in [2.05, 4.69) is 46.7 Å². The minimum Gasteiger partial charge on any atom is -0.444 e. The quantitative estimate of drug-likeness (QED) is 0.412. The molecule has 0 saturated carbocycles. The van der Waals surface area contributed by atoms with Gasteiger partial charge in [0.1, 0.15) is 11.2 Å². The highest BCUT2D eigenvalue weighted by atomic mass is 16.6. The van der Waals surface area contributed by atoms with Crippen LogP contribution in [0, 0.1) is 0 Å². The SMILES string of the molecule is CCN(C[C@@H](Cc1ccccc1)NC(=O)OC(C)(C)C)C[C@H](Cc1ccccc1)NC(=O)OC(C)(C)C. The topological polar surface area (TPSA) is 79.9 Å². The van der Waals surface area contributed by atoms with E-state index < -0.39 is 23.4 Å². The summed E-state index contributed by atoms with van der Waals surface area (Å²) in [7, 11) is 0. The zero-order valence-electron chi connectivity index (χ0n) is 23.5. The van der Waals surface area contributed by atoms with Gasteiger partial charge in [0.15, 0.2) is 0 Å². The van der Waals surface area contributed by atoms with Gasteiger partial charge in [-0.2, -0.15) is 0 Å². The first-order valence-corrected chi connectivity index (χ1v) is 13.1. The Balaban J connectivity index is 2.17. The summed E-state index contributed by atoms with van der Waals surface area (Å²) in [6.45, 7) is 15.2. The zero-order valence-corrected chi connectivity index (χ0v) is 23.5. The molecule has 0 aliphatic rings. The predicted octanol–water partition coefficient (Wildman–Crippen LogP) is 5.58. The molecule has 7 nitrogen and oxygen atoms in total. The zero-order chi connectivity index (χ0) is 27.5. The number of alkyl carbamates (subject to hydrolysis) is 2. The summed E-state index contributed by atoms with van der Waals surface area (Å²) >= 11 is 0. The van der Waals surface area contributed by atoms with Gasteiger partial charge in [-0.25, -0.2) is 9.59 Å². The molecule has 0 spiro atoms. The average molecular weight is 512 g/mol. The molecule has 0 fully saturated rings. The van der Waals surface area contributed by atoms with Crippen molar-refractivity contribution in [3.63, 3.8) is 0 Å². The Bertz CT molecular complexity index is 875. The summed E-state index contributed by atoms with van der Waals surface area (Å²) in [4.78, 5) is 27.5. The van der Waals surface area contributed by atoms with Gasteiger partial charge in [0.2, 0.25) is 0 Å². The normalized spacial score (nSPS) is 13.5. The van der Waals surface area contributed by atoms with E-state index in [1.54, 1.807) is 0 Å². The van der Waals surface area contributed by atoms with Crippen LogP contribution in [0.5, 0.6) is 0 Å². The fourth-order valence-electron chi connectivity index (χ4n) is 4.02. The lowest BCUT2D eigenvalue weighted by Crippen LogP contribution is -2.51. The van der Waals surface area contributed by atoms with Crippen LogP contribution in [-0.2, 0) is 22.3 Å². The van der Waals surface area contributed by atoms with Gasteiger partial charge in [-0.3, -0.25) is 4.90 Å². The lowest BCUT2D eigenvalue weighted by atomic mass is 10.0. The number of carbonyl (C=O) groups is 2. The monoisotopic (exact) mass is 511 g/mol. The first-order chi connectivity index (χ1) is 17.3. The first-order valence-electron chi connectivity index (χ1n) is 13.1. The second-order valence-corrected chi connectivity index (χ2v) is 11.4. The van der Waals surface area contributed by atoms with Gasteiger partial charge < -0.3 is 20.1 Å². The van der Waals surface area contributed by atoms with E-state index in [1.807, 2.05) is 77.9 Å². The molecule has 0 radical (unpaired) electrons. The van der Waals surface area contributed by atoms with Gasteiger partial charge >= 0.3 is 12.2 Å². The van der Waals surface area contributed by atoms with Crippen molar-refractivity contribution < 1.29 is 19.1 Å². The number of hydrogen-bond acceptors (Lipinski definition) is 5. The fraction of sp³-hybridized carbons (Fsp3) is 0.533. The maximum Gasteiger partial charge on any atom is 0.407 e. The molecule has 2 aromatic rings. The molecular weight excluding hydrogens is 466 g/mol. The number of carbonyl (C=O) groups excluding carboxylic acids is 2. The Morgan fingerprint density at radius 1 is 0.703 bits per heavy atom. The van der Waals surface area contributed by atoms with Crippen LogP contribution in [0.25, 0.3) is 0 Å². The second-order valence-electron chi connectivity index (χ2n) is 11.4. The van der Waals surface area contributed by atoms with Gasteiger partial charge in [0, 0.05) is 25.2 Å². The number of ether oxygens (including phenoxy) is 2. The fourth-order valence-corrected chi connectivity index (χ4v) is 4.02. The number of hydrogen-bond donors (Lipinski definition) is 2. The van der Waals surface area contributed by atoms with Crippen LogP contribution in [0.3, 0.4) is 0 Å². The summed E-state index contributed by atoms with van der Waals surface area (Å²) in [5, 5.41) is 6.13. The molecule has 0 aliphatic carbocycles. The number of rotatable bonds is 11. The average Bonchev–Trinajstić information content (AvgIpc) is 2.77. The molecule has 0 aliphatic heterocycles. The van der Waals surface area contributed by atoms with Gasteiger partial charge in [0.25, 0.3) is 0 Å². The van der Waals surface area contributed by atoms with Crippen LogP contribution in [0.4, 0.5) is 9.59 Å². The maximum atomic E-state index is 12.6. The third-order valence-electron chi connectivity index (χ3n) is 5.50. The van der Waals surface area contributed by atoms with Gasteiger partial charge in [0.05, 0.1) is 0 Å². The number of nitrogens with one attached hydrogen (secondary N) is 2. The Kier molecular flexibility index (Phi) is 11.4. The Morgan fingerprint density at radius 2 is 1.05 bits per heavy atom. The molecule has 2 atom stereocenters. The lowest BCUT2D eigenvalue weighted by Gasteiger charge is -2.32. The van der Waals surface area contributed by atoms with E-state index in [-0.39, 0.29) is 12.1 Å². The molecule has 37 heavy (non-hydrogen) atoms. The minimum absolute atomic E-state index is 0.170. The van der Waals surface area contributed by atoms with Crippen LogP contribution < -0.4 is 10.6 Å². The molecule has 2 N–H and O–H groups in total. The number of benzene rings is 2. The molecule has 0 unspecified atom stereocenters. The lowest BCUT2D eigenvalue weighted by molar-refractivity contribution is 0.0483. The van der Waals surface area contributed by atoms with Crippen molar-refractivity contribution in [2.45, 2.75) is 84.6 Å². The summed E-state index contributed by atoms with van der Waals surface area (Å²) < 4.78 is 11.1. The Hall–Kier alpha value is -3.06. The molecule has 0 heterocycles. The third kappa shape index (κ3) is 13.2. The first kappa shape index (κ1) is 30.2. The van der Waals surface area contributed by atoms with E-state index in [1.165, 1.54) is 0 Å². The van der Waals surface area contributed by atoms with Crippen LogP contribution >= 0.6 is 0 Å². The molecular formula is C30H45N3O4. The predicted molar refractivity (Wildman–Crippen MR) is 149 cm³/mol. The molecule has 2 aromatic carbocycles. The highest BCUT2D eigenvalue weighted by molar-refractivity contribution is 5.68. The molecule has 0 saturated heterocycles. The summed E-state index contributed by atoms with van der Waals surface area (Å²) in [6.07, 6.45) is 0.466. The minimum atomic E-state index is -0.579. The van der Waals surface area contributed by atoms with Crippen molar-refractivity contribution in [3.05, 3.63) is 71.8 Å². The molecule has 0 aromatic heterocycles. The molecule has 7 heteroatoms. The van der Waals surface area contributed by atoms with Crippen molar-refractivity contribution in [1.29, 1.82) is 0 Å². The van der Waals surface area contributed by atoms with Gasteiger partial charge in [-0.05, 0) is 72.1 Å². The van der Waals surface area contributed by atoms with Crippen LogP contribution in [-0.4, -0.2) is 60.0 Å². The number of amides is 2. The van der Waals surface area contributed by atoms with E-state index in [0.717, 1.165) is 17.7 Å². The van der Waals surface area contributed by atoms with Crippen molar-refractivity contribution in [2.24, 2.45) is 0 Å². The number of likely N-dealkylation sites (N-methyl/N-ethyl adjacent to an activating group) is 1. The van der Waals surface area contributed by atoms with Crippen molar-refractivity contribution in [2.75, 3.05) is 19.6 Å². The largest absolute Gasteiger partial charge is 0.444 e. The third-order valence-corrected chi connectivity index (χ3v) is 5.50. The summed E-state index contributed by atoms with van der Waals surface area (Å²) in [6, 6.07) is 19.8. The van der Waals surface area contributed by atoms with Gasteiger partial charge in [-0.1, -0.05) is 67.6 Å². The number of nitrogens with zero attached hydrogens (tertiary/aromatic N) is 1. The molecule has 204 valence electrons.